The van der Waals surface area contributed by atoms with Crippen molar-refractivity contribution in [3.05, 3.63) is 84.4 Å². The van der Waals surface area contributed by atoms with Gasteiger partial charge in [0.1, 0.15) is 6.61 Å². The van der Waals surface area contributed by atoms with E-state index in [2.05, 4.69) is 62.2 Å². The van der Waals surface area contributed by atoms with Gasteiger partial charge in [-0.3, -0.25) is 9.69 Å². The van der Waals surface area contributed by atoms with Crippen LogP contribution in [0.2, 0.25) is 0 Å². The highest BCUT2D eigenvalue weighted by Crippen LogP contribution is 2.30. The van der Waals surface area contributed by atoms with Crippen molar-refractivity contribution in [1.29, 1.82) is 0 Å². The topological polar surface area (TPSA) is 50.8 Å². The average Bonchev–Trinajstić information content (AvgIpc) is 2.86. The molecule has 0 bridgehead atoms. The first-order chi connectivity index (χ1) is 16.9. The van der Waals surface area contributed by atoms with Gasteiger partial charge in [0.25, 0.3) is 0 Å². The fraction of sp³-hybridized carbons (Fsp3) is 0.300. The van der Waals surface area contributed by atoms with Gasteiger partial charge in [-0.15, -0.1) is 0 Å². The number of carbonyl (C=O) groups excluding carboxylic acids is 1. The van der Waals surface area contributed by atoms with Crippen LogP contribution in [-0.4, -0.2) is 43.2 Å². The average molecular weight is 473 g/mol. The number of benzene rings is 3. The summed E-state index contributed by atoms with van der Waals surface area (Å²) in [5, 5.41) is 2.89. The van der Waals surface area contributed by atoms with Gasteiger partial charge in [0, 0.05) is 36.5 Å². The summed E-state index contributed by atoms with van der Waals surface area (Å²) in [7, 11) is 1.60. The zero-order valence-electron chi connectivity index (χ0n) is 21.3. The molecule has 3 aromatic rings. The minimum Gasteiger partial charge on any atom is -0.493 e. The van der Waals surface area contributed by atoms with Crippen LogP contribution in [0.15, 0.2) is 78.9 Å². The standard InChI is InChI=1S/C30H36N2O3/c1-22(2)32(23(3)4)19-20-35-28-17-16-27(21-29(28)34-5)31-30(33)18-13-24-11-14-26(15-12-24)25-9-7-6-8-10-25/h6-18,21-23H,19-20H2,1-5H3,(H,31,33)/b18-13+. The summed E-state index contributed by atoms with van der Waals surface area (Å²) in [6.07, 6.45) is 3.33. The van der Waals surface area contributed by atoms with Crippen molar-refractivity contribution in [2.24, 2.45) is 0 Å². The molecule has 0 spiro atoms. The molecule has 0 atom stereocenters. The van der Waals surface area contributed by atoms with Crippen molar-refractivity contribution in [2.75, 3.05) is 25.6 Å². The third kappa shape index (κ3) is 7.72. The second kappa shape index (κ2) is 12.8. The Morgan fingerprint density at radius 1 is 0.886 bits per heavy atom. The van der Waals surface area contributed by atoms with Gasteiger partial charge in [-0.05, 0) is 62.6 Å². The predicted octanol–water partition coefficient (Wildman–Crippen LogP) is 6.51. The SMILES string of the molecule is COc1cc(NC(=O)/C=C/c2ccc(-c3ccccc3)cc2)ccc1OCCN(C(C)C)C(C)C. The zero-order valence-corrected chi connectivity index (χ0v) is 21.3. The molecule has 0 saturated heterocycles. The third-order valence-corrected chi connectivity index (χ3v) is 5.81. The van der Waals surface area contributed by atoms with E-state index >= 15 is 0 Å². The van der Waals surface area contributed by atoms with E-state index in [1.807, 2.05) is 42.5 Å². The smallest absolute Gasteiger partial charge is 0.248 e. The van der Waals surface area contributed by atoms with Crippen LogP contribution >= 0.6 is 0 Å². The van der Waals surface area contributed by atoms with Crippen LogP contribution in [0.25, 0.3) is 17.2 Å². The van der Waals surface area contributed by atoms with Crippen molar-refractivity contribution in [3.63, 3.8) is 0 Å². The molecule has 5 nitrogen and oxygen atoms in total. The van der Waals surface area contributed by atoms with Crippen molar-refractivity contribution in [1.82, 2.24) is 4.90 Å². The molecule has 35 heavy (non-hydrogen) atoms. The molecule has 0 aromatic heterocycles. The number of hydrogen-bond acceptors (Lipinski definition) is 4. The minimum absolute atomic E-state index is 0.211. The van der Waals surface area contributed by atoms with Gasteiger partial charge in [0.15, 0.2) is 11.5 Å². The van der Waals surface area contributed by atoms with Gasteiger partial charge in [-0.2, -0.15) is 0 Å². The van der Waals surface area contributed by atoms with Gasteiger partial charge in [0.05, 0.1) is 7.11 Å². The first-order valence-corrected chi connectivity index (χ1v) is 12.1. The Labute approximate surface area is 209 Å². The van der Waals surface area contributed by atoms with Crippen LogP contribution in [0.5, 0.6) is 11.5 Å². The molecule has 0 aliphatic heterocycles. The van der Waals surface area contributed by atoms with E-state index in [9.17, 15) is 4.79 Å². The quantitative estimate of drug-likeness (QED) is 0.323. The first-order valence-electron chi connectivity index (χ1n) is 12.1. The monoisotopic (exact) mass is 472 g/mol. The second-order valence-corrected chi connectivity index (χ2v) is 8.95. The maximum absolute atomic E-state index is 12.5. The summed E-state index contributed by atoms with van der Waals surface area (Å²) < 4.78 is 11.5. The Morgan fingerprint density at radius 3 is 2.17 bits per heavy atom. The number of carbonyl (C=O) groups is 1. The summed E-state index contributed by atoms with van der Waals surface area (Å²) in [5.41, 5.74) is 3.91. The molecule has 1 amide bonds. The lowest BCUT2D eigenvalue weighted by Gasteiger charge is -2.30. The van der Waals surface area contributed by atoms with Crippen LogP contribution in [0.1, 0.15) is 33.3 Å². The fourth-order valence-electron chi connectivity index (χ4n) is 4.01. The molecule has 1 N–H and O–H groups in total. The maximum atomic E-state index is 12.5. The molecule has 0 unspecified atom stereocenters. The summed E-state index contributed by atoms with van der Waals surface area (Å²) in [6, 6.07) is 24.6. The molecule has 3 rings (SSSR count). The summed E-state index contributed by atoms with van der Waals surface area (Å²) in [5.74, 6) is 1.04. The normalized spacial score (nSPS) is 11.4. The molecule has 0 aliphatic rings. The Bertz CT molecular complexity index is 1100. The number of anilines is 1. The van der Waals surface area contributed by atoms with Crippen LogP contribution in [0.4, 0.5) is 5.69 Å². The molecule has 5 heteroatoms. The number of amides is 1. The zero-order chi connectivity index (χ0) is 25.2. The number of methoxy groups -OCH3 is 1. The molecule has 184 valence electrons. The van der Waals surface area contributed by atoms with Crippen molar-refractivity contribution in [3.8, 4) is 22.6 Å². The van der Waals surface area contributed by atoms with Crippen LogP contribution < -0.4 is 14.8 Å². The van der Waals surface area contributed by atoms with E-state index in [0.717, 1.165) is 17.7 Å². The minimum atomic E-state index is -0.211. The number of hydrogen-bond donors (Lipinski definition) is 1. The predicted molar refractivity (Wildman–Crippen MR) is 145 cm³/mol. The Hall–Kier alpha value is -3.57. The highest BCUT2D eigenvalue weighted by atomic mass is 16.5. The molecule has 0 radical (unpaired) electrons. The highest BCUT2D eigenvalue weighted by Gasteiger charge is 2.14. The lowest BCUT2D eigenvalue weighted by Crippen LogP contribution is -2.39. The van der Waals surface area contributed by atoms with E-state index in [-0.39, 0.29) is 5.91 Å². The van der Waals surface area contributed by atoms with E-state index < -0.39 is 0 Å². The number of nitrogens with zero attached hydrogens (tertiary/aromatic N) is 1. The van der Waals surface area contributed by atoms with Gasteiger partial charge in [-0.25, -0.2) is 0 Å². The van der Waals surface area contributed by atoms with Gasteiger partial charge in [-0.1, -0.05) is 54.6 Å². The largest absolute Gasteiger partial charge is 0.493 e. The van der Waals surface area contributed by atoms with Crippen molar-refractivity contribution >= 4 is 17.7 Å². The van der Waals surface area contributed by atoms with E-state index in [1.165, 1.54) is 11.6 Å². The van der Waals surface area contributed by atoms with Crippen LogP contribution in [0, 0.1) is 0 Å². The molecule has 0 fully saturated rings. The molecule has 0 saturated carbocycles. The van der Waals surface area contributed by atoms with Gasteiger partial charge < -0.3 is 14.8 Å². The maximum Gasteiger partial charge on any atom is 0.248 e. The van der Waals surface area contributed by atoms with E-state index in [0.29, 0.717) is 35.9 Å². The van der Waals surface area contributed by atoms with Gasteiger partial charge >= 0.3 is 0 Å². The Morgan fingerprint density at radius 2 is 1.54 bits per heavy atom. The Kier molecular flexibility index (Phi) is 9.50. The number of nitrogens with one attached hydrogen (secondary N) is 1. The van der Waals surface area contributed by atoms with Crippen molar-refractivity contribution in [2.45, 2.75) is 39.8 Å². The lowest BCUT2D eigenvalue weighted by atomic mass is 10.0. The van der Waals surface area contributed by atoms with E-state index in [1.54, 1.807) is 19.3 Å². The summed E-state index contributed by atoms with van der Waals surface area (Å²) in [4.78, 5) is 14.8. The van der Waals surface area contributed by atoms with Crippen molar-refractivity contribution < 1.29 is 14.3 Å². The summed E-state index contributed by atoms with van der Waals surface area (Å²) in [6.45, 7) is 10.1. The number of ether oxygens (including phenoxy) is 2. The summed E-state index contributed by atoms with van der Waals surface area (Å²) >= 11 is 0. The number of rotatable bonds is 11. The third-order valence-electron chi connectivity index (χ3n) is 5.81. The molecule has 0 aliphatic carbocycles. The second-order valence-electron chi connectivity index (χ2n) is 8.95. The molecule has 3 aromatic carbocycles. The highest BCUT2D eigenvalue weighted by molar-refractivity contribution is 6.02. The lowest BCUT2D eigenvalue weighted by molar-refractivity contribution is -0.111. The molecule has 0 heterocycles. The van der Waals surface area contributed by atoms with Crippen LogP contribution in [-0.2, 0) is 4.79 Å². The van der Waals surface area contributed by atoms with Crippen LogP contribution in [0.3, 0.4) is 0 Å². The fourth-order valence-corrected chi connectivity index (χ4v) is 4.01. The first kappa shape index (κ1) is 26.0. The van der Waals surface area contributed by atoms with Gasteiger partial charge in [0.2, 0.25) is 5.91 Å². The molecular weight excluding hydrogens is 436 g/mol. The Balaban J connectivity index is 1.56. The molecular formula is C30H36N2O3. The van der Waals surface area contributed by atoms with E-state index in [4.69, 9.17) is 9.47 Å².